The summed E-state index contributed by atoms with van der Waals surface area (Å²) >= 11 is 1.83. The van der Waals surface area contributed by atoms with Crippen LogP contribution in [0.15, 0.2) is 23.8 Å². The van der Waals surface area contributed by atoms with Crippen LogP contribution in [0.25, 0.3) is 0 Å². The first kappa shape index (κ1) is 16.6. The van der Waals surface area contributed by atoms with Crippen LogP contribution in [-0.2, 0) is 24.8 Å². The molecule has 23 heavy (non-hydrogen) atoms. The van der Waals surface area contributed by atoms with Crippen LogP contribution in [0, 0.1) is 0 Å². The largest absolute Gasteiger partial charge is 0.378 e. The van der Waals surface area contributed by atoms with E-state index in [1.807, 2.05) is 17.7 Å². The minimum Gasteiger partial charge on any atom is -0.378 e. The lowest BCUT2D eigenvalue weighted by molar-refractivity contribution is 0.0408. The van der Waals surface area contributed by atoms with Gasteiger partial charge in [-0.25, -0.2) is 4.98 Å². The second-order valence-corrected chi connectivity index (χ2v) is 7.41. The molecule has 3 rings (SSSR count). The van der Waals surface area contributed by atoms with E-state index in [0.29, 0.717) is 0 Å². The Hall–Kier alpha value is -1.21. The van der Waals surface area contributed by atoms with Crippen LogP contribution in [0.3, 0.4) is 0 Å². The zero-order chi connectivity index (χ0) is 16.2. The van der Waals surface area contributed by atoms with E-state index in [4.69, 9.17) is 4.74 Å². The highest BCUT2D eigenvalue weighted by atomic mass is 32.1. The number of nitrogens with zero attached hydrogens (tertiary/aromatic N) is 4. The van der Waals surface area contributed by atoms with Crippen LogP contribution in [0.1, 0.15) is 22.3 Å². The number of aromatic nitrogens is 2. The minimum absolute atomic E-state index is 0.288. The van der Waals surface area contributed by atoms with E-state index in [0.717, 1.165) is 39.3 Å². The molecule has 0 aliphatic carbocycles. The lowest BCUT2D eigenvalue weighted by atomic mass is 10.0. The number of hydrogen-bond donors (Lipinski definition) is 0. The molecule has 0 amide bonds. The molecule has 1 aliphatic heterocycles. The summed E-state index contributed by atoms with van der Waals surface area (Å²) in [5, 5.41) is 2.15. The summed E-state index contributed by atoms with van der Waals surface area (Å²) in [4.78, 5) is 10.7. The summed E-state index contributed by atoms with van der Waals surface area (Å²) in [5.41, 5.74) is 2.55. The van der Waals surface area contributed by atoms with Crippen LogP contribution < -0.4 is 0 Å². The quantitative estimate of drug-likeness (QED) is 0.727. The molecule has 2 aromatic heterocycles. The van der Waals surface area contributed by atoms with E-state index in [9.17, 15) is 0 Å². The highest BCUT2D eigenvalue weighted by molar-refractivity contribution is 7.09. The van der Waals surface area contributed by atoms with E-state index in [-0.39, 0.29) is 6.04 Å². The second-order valence-electron chi connectivity index (χ2n) is 6.38. The average Bonchev–Trinajstić information content (AvgIpc) is 3.15. The van der Waals surface area contributed by atoms with E-state index >= 15 is 0 Å². The molecule has 0 N–H and O–H groups in total. The minimum atomic E-state index is 0.288. The Morgan fingerprint density at radius 3 is 3.04 bits per heavy atom. The Kier molecular flexibility index (Phi) is 5.48. The summed E-state index contributed by atoms with van der Waals surface area (Å²) in [6.45, 7) is 4.48. The third-order valence-electron chi connectivity index (χ3n) is 4.35. The van der Waals surface area contributed by atoms with Gasteiger partial charge in [-0.2, -0.15) is 0 Å². The monoisotopic (exact) mass is 334 g/mol. The molecule has 0 spiro atoms. The summed E-state index contributed by atoms with van der Waals surface area (Å²) in [5.74, 6) is 0. The van der Waals surface area contributed by atoms with Crippen LogP contribution >= 0.6 is 11.3 Å². The molecule has 0 aromatic carbocycles. The van der Waals surface area contributed by atoms with Crippen LogP contribution in [-0.4, -0.2) is 59.7 Å². The van der Waals surface area contributed by atoms with Gasteiger partial charge in [-0.3, -0.25) is 4.90 Å². The van der Waals surface area contributed by atoms with Crippen molar-refractivity contribution in [2.45, 2.75) is 19.0 Å². The van der Waals surface area contributed by atoms with Crippen molar-refractivity contribution in [2.75, 3.05) is 40.4 Å². The number of likely N-dealkylation sites (N-methyl/N-ethyl adjacent to an activating group) is 1. The molecule has 1 atom stereocenters. The zero-order valence-corrected chi connectivity index (χ0v) is 15.1. The third-order valence-corrected chi connectivity index (χ3v) is 5.21. The first-order valence-electron chi connectivity index (χ1n) is 8.14. The van der Waals surface area contributed by atoms with Crippen molar-refractivity contribution >= 4 is 11.3 Å². The molecule has 0 saturated heterocycles. The van der Waals surface area contributed by atoms with Gasteiger partial charge in [0, 0.05) is 38.0 Å². The summed E-state index contributed by atoms with van der Waals surface area (Å²) < 4.78 is 8.16. The standard InChI is InChI=1S/C17H26N4OS/c1-19(2)8-9-22-12-16-17-15(18-13-20(17)3)6-7-21(16)11-14-5-4-10-23-14/h4-5,10,13,16H,6-9,11-12H2,1-3H3. The van der Waals surface area contributed by atoms with Gasteiger partial charge in [0.1, 0.15) is 0 Å². The molecule has 126 valence electrons. The Morgan fingerprint density at radius 2 is 2.30 bits per heavy atom. The van der Waals surface area contributed by atoms with Crippen molar-refractivity contribution in [2.24, 2.45) is 7.05 Å². The third kappa shape index (κ3) is 4.01. The van der Waals surface area contributed by atoms with Crippen LogP contribution in [0.4, 0.5) is 0 Å². The molecule has 1 aliphatic rings. The van der Waals surface area contributed by atoms with Gasteiger partial charge < -0.3 is 14.2 Å². The number of imidazole rings is 1. The van der Waals surface area contributed by atoms with Gasteiger partial charge in [-0.05, 0) is 25.5 Å². The maximum absolute atomic E-state index is 5.99. The highest BCUT2D eigenvalue weighted by Crippen LogP contribution is 2.31. The Labute approximate surface area is 142 Å². The molecule has 0 saturated carbocycles. The van der Waals surface area contributed by atoms with Crippen molar-refractivity contribution in [1.82, 2.24) is 19.4 Å². The predicted molar refractivity (Wildman–Crippen MR) is 93.8 cm³/mol. The van der Waals surface area contributed by atoms with E-state index in [1.54, 1.807) is 0 Å². The maximum Gasteiger partial charge on any atom is 0.0949 e. The first-order chi connectivity index (χ1) is 11.1. The second kappa shape index (κ2) is 7.57. The molecule has 0 bridgehead atoms. The first-order valence-corrected chi connectivity index (χ1v) is 9.02. The Balaban J connectivity index is 1.71. The summed E-state index contributed by atoms with van der Waals surface area (Å²) in [7, 11) is 6.24. The highest BCUT2D eigenvalue weighted by Gasteiger charge is 2.31. The molecule has 6 heteroatoms. The van der Waals surface area contributed by atoms with Gasteiger partial charge in [-0.1, -0.05) is 6.07 Å². The maximum atomic E-state index is 5.99. The topological polar surface area (TPSA) is 33.5 Å². The smallest absolute Gasteiger partial charge is 0.0949 e. The molecular formula is C17H26N4OS. The SMILES string of the molecule is CN(C)CCOCC1c2c(ncn2C)CCN1Cc1cccs1. The van der Waals surface area contributed by atoms with Gasteiger partial charge in [0.15, 0.2) is 0 Å². The van der Waals surface area contributed by atoms with E-state index in [1.165, 1.54) is 16.3 Å². The fourth-order valence-corrected chi connectivity index (χ4v) is 3.83. The van der Waals surface area contributed by atoms with Crippen molar-refractivity contribution in [3.05, 3.63) is 40.1 Å². The normalized spacial score (nSPS) is 18.5. The molecule has 0 radical (unpaired) electrons. The molecular weight excluding hydrogens is 308 g/mol. The van der Waals surface area contributed by atoms with Gasteiger partial charge >= 0.3 is 0 Å². The van der Waals surface area contributed by atoms with Crippen LogP contribution in [0.5, 0.6) is 0 Å². The number of thiophene rings is 1. The fourth-order valence-electron chi connectivity index (χ4n) is 3.10. The molecule has 3 heterocycles. The van der Waals surface area contributed by atoms with Gasteiger partial charge in [0.05, 0.1) is 37.0 Å². The van der Waals surface area contributed by atoms with Crippen molar-refractivity contribution in [1.29, 1.82) is 0 Å². The van der Waals surface area contributed by atoms with Crippen molar-refractivity contribution < 1.29 is 4.74 Å². The fraction of sp³-hybridized carbons (Fsp3) is 0.588. The Morgan fingerprint density at radius 1 is 1.43 bits per heavy atom. The number of rotatable bonds is 7. The lowest BCUT2D eigenvalue weighted by Gasteiger charge is -2.35. The summed E-state index contributed by atoms with van der Waals surface area (Å²) in [6, 6.07) is 4.63. The predicted octanol–water partition coefficient (Wildman–Crippen LogP) is 2.16. The van der Waals surface area contributed by atoms with Gasteiger partial charge in [-0.15, -0.1) is 11.3 Å². The van der Waals surface area contributed by atoms with E-state index < -0.39 is 0 Å². The number of ether oxygens (including phenoxy) is 1. The van der Waals surface area contributed by atoms with Gasteiger partial charge in [0.25, 0.3) is 0 Å². The number of hydrogen-bond acceptors (Lipinski definition) is 5. The average molecular weight is 334 g/mol. The molecule has 5 nitrogen and oxygen atoms in total. The van der Waals surface area contributed by atoms with Crippen molar-refractivity contribution in [3.63, 3.8) is 0 Å². The van der Waals surface area contributed by atoms with Crippen molar-refractivity contribution in [3.8, 4) is 0 Å². The number of aryl methyl sites for hydroxylation is 1. The van der Waals surface area contributed by atoms with Gasteiger partial charge in [0.2, 0.25) is 0 Å². The van der Waals surface area contributed by atoms with E-state index in [2.05, 4.69) is 58.0 Å². The Bertz CT molecular complexity index is 608. The number of fused-ring (bicyclic) bond motifs is 1. The van der Waals surface area contributed by atoms with Crippen LogP contribution in [0.2, 0.25) is 0 Å². The molecule has 2 aromatic rings. The zero-order valence-electron chi connectivity index (χ0n) is 14.2. The summed E-state index contributed by atoms with van der Waals surface area (Å²) in [6.07, 6.45) is 2.96. The lowest BCUT2D eigenvalue weighted by Crippen LogP contribution is -2.38. The molecule has 1 unspecified atom stereocenters. The molecule has 0 fully saturated rings.